The highest BCUT2D eigenvalue weighted by molar-refractivity contribution is 7.89. The van der Waals surface area contributed by atoms with Gasteiger partial charge in [0.05, 0.1) is 0 Å². The van der Waals surface area contributed by atoms with Crippen LogP contribution in [0.2, 0.25) is 0 Å². The molecule has 2 saturated heterocycles. The first-order valence-electron chi connectivity index (χ1n) is 11.4. The number of furan rings is 1. The Morgan fingerprint density at radius 3 is 2.38 bits per heavy atom. The number of aryl methyl sites for hydroxylation is 1. The van der Waals surface area contributed by atoms with E-state index in [9.17, 15) is 13.2 Å². The Labute approximate surface area is 190 Å². The Balaban J connectivity index is 1.42. The van der Waals surface area contributed by atoms with Crippen molar-refractivity contribution in [2.45, 2.75) is 38.2 Å². The standard InChI is InChI=1S/C23H32N4O4S/c1-3-25-13-15-26(16-14-25)19-7-8-20(18(2)17-19)24-23(28)21-9-10-22(31-21)32(29,30)27-11-5-4-6-12-27/h7-10,17H,3-6,11-16H2,1-2H3,(H,24,28). The predicted molar refractivity (Wildman–Crippen MR) is 125 cm³/mol. The van der Waals surface area contributed by atoms with Crippen LogP contribution in [-0.2, 0) is 10.0 Å². The van der Waals surface area contributed by atoms with Crippen LogP contribution in [-0.4, -0.2) is 69.3 Å². The van der Waals surface area contributed by atoms with E-state index in [1.165, 1.54) is 16.4 Å². The molecule has 8 nitrogen and oxygen atoms in total. The number of piperazine rings is 1. The molecule has 0 atom stereocenters. The number of carbonyl (C=O) groups is 1. The average Bonchev–Trinajstić information content (AvgIpc) is 3.32. The molecule has 0 spiro atoms. The van der Waals surface area contributed by atoms with Crippen molar-refractivity contribution in [3.05, 3.63) is 41.7 Å². The third-order valence-electron chi connectivity index (χ3n) is 6.36. The van der Waals surface area contributed by atoms with Crippen LogP contribution < -0.4 is 10.2 Å². The maximum Gasteiger partial charge on any atom is 0.291 e. The van der Waals surface area contributed by atoms with Gasteiger partial charge in [0.1, 0.15) is 0 Å². The second kappa shape index (κ2) is 9.64. The van der Waals surface area contributed by atoms with Crippen LogP contribution in [0.1, 0.15) is 42.3 Å². The summed E-state index contributed by atoms with van der Waals surface area (Å²) < 4.78 is 32.4. The number of nitrogens with zero attached hydrogens (tertiary/aromatic N) is 3. The van der Waals surface area contributed by atoms with Gasteiger partial charge in [0, 0.05) is 50.6 Å². The van der Waals surface area contributed by atoms with E-state index < -0.39 is 15.9 Å². The molecule has 9 heteroatoms. The van der Waals surface area contributed by atoms with Crippen molar-refractivity contribution in [1.29, 1.82) is 0 Å². The van der Waals surface area contributed by atoms with Gasteiger partial charge in [-0.3, -0.25) is 4.79 Å². The third-order valence-corrected chi connectivity index (χ3v) is 8.13. The molecule has 1 aromatic heterocycles. The predicted octanol–water partition coefficient (Wildman–Crippen LogP) is 3.16. The molecule has 3 heterocycles. The number of sulfonamides is 1. The van der Waals surface area contributed by atoms with Gasteiger partial charge in [-0.2, -0.15) is 4.31 Å². The van der Waals surface area contributed by atoms with E-state index in [-0.39, 0.29) is 10.9 Å². The Morgan fingerprint density at radius 1 is 1.00 bits per heavy atom. The number of nitrogens with one attached hydrogen (secondary N) is 1. The number of hydrogen-bond donors (Lipinski definition) is 1. The highest BCUT2D eigenvalue weighted by Gasteiger charge is 2.29. The lowest BCUT2D eigenvalue weighted by Gasteiger charge is -2.35. The van der Waals surface area contributed by atoms with Crippen molar-refractivity contribution in [3.8, 4) is 0 Å². The fourth-order valence-corrected chi connectivity index (χ4v) is 5.73. The second-order valence-corrected chi connectivity index (χ2v) is 10.3. The number of likely N-dealkylation sites (N-methyl/N-ethyl adjacent to an activating group) is 1. The smallest absolute Gasteiger partial charge is 0.291 e. The molecular weight excluding hydrogens is 428 g/mol. The molecule has 0 unspecified atom stereocenters. The molecule has 4 rings (SSSR count). The summed E-state index contributed by atoms with van der Waals surface area (Å²) in [5.74, 6) is -0.475. The van der Waals surface area contributed by atoms with Gasteiger partial charge in [-0.05, 0) is 62.2 Å². The first kappa shape index (κ1) is 22.8. The number of rotatable bonds is 6. The summed E-state index contributed by atoms with van der Waals surface area (Å²) >= 11 is 0. The average molecular weight is 461 g/mol. The Bertz CT molecular complexity index is 1050. The molecule has 2 aliphatic heterocycles. The molecule has 2 fully saturated rings. The SMILES string of the molecule is CCN1CCN(c2ccc(NC(=O)c3ccc(S(=O)(=O)N4CCCCC4)o3)c(C)c2)CC1. The Kier molecular flexibility index (Phi) is 6.88. The molecule has 1 N–H and O–H groups in total. The Morgan fingerprint density at radius 2 is 1.72 bits per heavy atom. The van der Waals surface area contributed by atoms with E-state index in [4.69, 9.17) is 4.42 Å². The second-order valence-electron chi connectivity index (χ2n) is 8.46. The molecular formula is C23H32N4O4S. The zero-order valence-corrected chi connectivity index (χ0v) is 19.7. The van der Waals surface area contributed by atoms with Crippen LogP contribution in [0.5, 0.6) is 0 Å². The van der Waals surface area contributed by atoms with Gasteiger partial charge < -0.3 is 19.5 Å². The first-order chi connectivity index (χ1) is 15.4. The summed E-state index contributed by atoms with van der Waals surface area (Å²) in [5.41, 5.74) is 2.77. The van der Waals surface area contributed by atoms with Gasteiger partial charge in [0.15, 0.2) is 5.76 Å². The number of piperidine rings is 1. The van der Waals surface area contributed by atoms with Crippen molar-refractivity contribution < 1.29 is 17.6 Å². The fraction of sp³-hybridized carbons (Fsp3) is 0.522. The monoisotopic (exact) mass is 460 g/mol. The summed E-state index contributed by atoms with van der Waals surface area (Å²) in [4.78, 5) is 17.5. The summed E-state index contributed by atoms with van der Waals surface area (Å²) in [5, 5.41) is 2.67. The van der Waals surface area contributed by atoms with Crippen LogP contribution >= 0.6 is 0 Å². The van der Waals surface area contributed by atoms with Crippen molar-refractivity contribution in [3.63, 3.8) is 0 Å². The van der Waals surface area contributed by atoms with Crippen LogP contribution in [0.3, 0.4) is 0 Å². The molecule has 2 aliphatic rings. The van der Waals surface area contributed by atoms with E-state index >= 15 is 0 Å². The molecule has 1 aromatic carbocycles. The van der Waals surface area contributed by atoms with Gasteiger partial charge in [-0.25, -0.2) is 8.42 Å². The van der Waals surface area contributed by atoms with E-state index in [1.54, 1.807) is 0 Å². The van der Waals surface area contributed by atoms with E-state index in [0.29, 0.717) is 18.8 Å². The zero-order valence-electron chi connectivity index (χ0n) is 18.8. The van der Waals surface area contributed by atoms with Gasteiger partial charge in [-0.1, -0.05) is 13.3 Å². The van der Waals surface area contributed by atoms with Gasteiger partial charge in [0.25, 0.3) is 15.9 Å². The highest BCUT2D eigenvalue weighted by atomic mass is 32.2. The van der Waals surface area contributed by atoms with Crippen LogP contribution in [0, 0.1) is 6.92 Å². The normalized spacial score (nSPS) is 18.6. The topological polar surface area (TPSA) is 86.1 Å². The van der Waals surface area contributed by atoms with Gasteiger partial charge in [-0.15, -0.1) is 0 Å². The van der Waals surface area contributed by atoms with E-state index in [1.807, 2.05) is 19.1 Å². The molecule has 0 bridgehead atoms. The van der Waals surface area contributed by atoms with Crippen LogP contribution in [0.25, 0.3) is 0 Å². The quantitative estimate of drug-likeness (QED) is 0.713. The molecule has 0 radical (unpaired) electrons. The lowest BCUT2D eigenvalue weighted by molar-refractivity contribution is 0.0991. The van der Waals surface area contributed by atoms with Crippen LogP contribution in [0.15, 0.2) is 39.8 Å². The lowest BCUT2D eigenvalue weighted by atomic mass is 10.1. The molecule has 0 saturated carbocycles. The first-order valence-corrected chi connectivity index (χ1v) is 12.8. The number of benzene rings is 1. The van der Waals surface area contributed by atoms with Crippen molar-refractivity contribution >= 4 is 27.3 Å². The summed E-state index contributed by atoms with van der Waals surface area (Å²) in [6.45, 7) is 10.3. The Hall–Kier alpha value is -2.36. The van der Waals surface area contributed by atoms with Crippen molar-refractivity contribution in [2.24, 2.45) is 0 Å². The fourth-order valence-electron chi connectivity index (χ4n) is 4.30. The van der Waals surface area contributed by atoms with Gasteiger partial charge >= 0.3 is 0 Å². The number of amides is 1. The third kappa shape index (κ3) is 4.84. The molecule has 2 aromatic rings. The summed E-state index contributed by atoms with van der Waals surface area (Å²) in [6.07, 6.45) is 2.72. The zero-order chi connectivity index (χ0) is 22.7. The molecule has 174 valence electrons. The maximum atomic E-state index is 12.8. The number of hydrogen-bond acceptors (Lipinski definition) is 6. The molecule has 0 aliphatic carbocycles. The van der Waals surface area contributed by atoms with E-state index in [2.05, 4.69) is 28.1 Å². The van der Waals surface area contributed by atoms with Gasteiger partial charge in [0.2, 0.25) is 5.09 Å². The minimum absolute atomic E-state index is 0.0141. The van der Waals surface area contributed by atoms with Crippen molar-refractivity contribution in [1.82, 2.24) is 9.21 Å². The minimum atomic E-state index is -3.70. The highest BCUT2D eigenvalue weighted by Crippen LogP contribution is 2.26. The maximum absolute atomic E-state index is 12.8. The summed E-state index contributed by atoms with van der Waals surface area (Å²) in [6, 6.07) is 8.76. The number of carbonyl (C=O) groups excluding carboxylic acids is 1. The molecule has 32 heavy (non-hydrogen) atoms. The number of anilines is 2. The van der Waals surface area contributed by atoms with Crippen molar-refractivity contribution in [2.75, 3.05) is 56.0 Å². The summed E-state index contributed by atoms with van der Waals surface area (Å²) in [7, 11) is -3.70. The lowest BCUT2D eigenvalue weighted by Crippen LogP contribution is -2.46. The van der Waals surface area contributed by atoms with Crippen LogP contribution in [0.4, 0.5) is 11.4 Å². The minimum Gasteiger partial charge on any atom is -0.438 e. The largest absolute Gasteiger partial charge is 0.438 e. The molecule has 1 amide bonds. The van der Waals surface area contributed by atoms with E-state index in [0.717, 1.165) is 63.2 Å².